The Labute approximate surface area is 115 Å². The molecule has 0 saturated heterocycles. The molecule has 1 aromatic carbocycles. The van der Waals surface area contributed by atoms with E-state index in [4.69, 9.17) is 10.8 Å². The molecule has 0 amide bonds. The summed E-state index contributed by atoms with van der Waals surface area (Å²) in [6.07, 6.45) is 1.96. The average molecular weight is 263 g/mol. The van der Waals surface area contributed by atoms with Gasteiger partial charge in [-0.25, -0.2) is 0 Å². The van der Waals surface area contributed by atoms with Crippen molar-refractivity contribution >= 4 is 5.96 Å². The van der Waals surface area contributed by atoms with Gasteiger partial charge in [-0.2, -0.15) is 0 Å². The van der Waals surface area contributed by atoms with Crippen LogP contribution in [0.4, 0.5) is 0 Å². The van der Waals surface area contributed by atoms with E-state index in [9.17, 15) is 0 Å². The summed E-state index contributed by atoms with van der Waals surface area (Å²) in [6.45, 7) is 6.00. The SMILES string of the molecule is CC(C)CCN=C(N)NCCc1ccc(CO)cc1. The molecule has 0 aliphatic rings. The Balaban J connectivity index is 2.25. The van der Waals surface area contributed by atoms with Crippen molar-refractivity contribution < 1.29 is 5.11 Å². The van der Waals surface area contributed by atoms with E-state index < -0.39 is 0 Å². The second-order valence-corrected chi connectivity index (χ2v) is 5.10. The van der Waals surface area contributed by atoms with E-state index in [0.717, 1.165) is 31.5 Å². The number of aliphatic hydroxyl groups is 1. The molecule has 0 aromatic heterocycles. The van der Waals surface area contributed by atoms with Gasteiger partial charge >= 0.3 is 0 Å². The Morgan fingerprint density at radius 1 is 1.26 bits per heavy atom. The van der Waals surface area contributed by atoms with E-state index in [1.165, 1.54) is 5.56 Å². The summed E-state index contributed by atoms with van der Waals surface area (Å²) in [4.78, 5) is 4.27. The van der Waals surface area contributed by atoms with E-state index in [1.807, 2.05) is 24.3 Å². The first-order chi connectivity index (χ1) is 9.11. The number of aliphatic hydroxyl groups excluding tert-OH is 1. The summed E-state index contributed by atoms with van der Waals surface area (Å²) >= 11 is 0. The molecular formula is C15H25N3O. The van der Waals surface area contributed by atoms with E-state index in [1.54, 1.807) is 0 Å². The summed E-state index contributed by atoms with van der Waals surface area (Å²) < 4.78 is 0. The molecule has 0 aliphatic heterocycles. The van der Waals surface area contributed by atoms with Gasteiger partial charge in [0.05, 0.1) is 6.61 Å². The first-order valence-electron chi connectivity index (χ1n) is 6.84. The van der Waals surface area contributed by atoms with Crippen molar-refractivity contribution in [1.29, 1.82) is 0 Å². The monoisotopic (exact) mass is 263 g/mol. The van der Waals surface area contributed by atoms with E-state index in [0.29, 0.717) is 11.9 Å². The van der Waals surface area contributed by atoms with Crippen LogP contribution in [-0.4, -0.2) is 24.2 Å². The fraction of sp³-hybridized carbons (Fsp3) is 0.533. The Bertz CT molecular complexity index is 385. The maximum atomic E-state index is 8.95. The molecule has 0 heterocycles. The Morgan fingerprint density at radius 3 is 2.47 bits per heavy atom. The largest absolute Gasteiger partial charge is 0.392 e. The average Bonchev–Trinajstić information content (AvgIpc) is 2.39. The van der Waals surface area contributed by atoms with E-state index in [-0.39, 0.29) is 6.61 Å². The number of guanidine groups is 1. The van der Waals surface area contributed by atoms with Crippen LogP contribution in [0.1, 0.15) is 31.4 Å². The van der Waals surface area contributed by atoms with Gasteiger partial charge in [-0.15, -0.1) is 0 Å². The van der Waals surface area contributed by atoms with E-state index >= 15 is 0 Å². The number of hydrogen-bond acceptors (Lipinski definition) is 2. The van der Waals surface area contributed by atoms with Crippen LogP contribution >= 0.6 is 0 Å². The highest BCUT2D eigenvalue weighted by Gasteiger charge is 1.96. The van der Waals surface area contributed by atoms with Crippen molar-refractivity contribution in [2.24, 2.45) is 16.6 Å². The molecule has 0 unspecified atom stereocenters. The number of nitrogens with zero attached hydrogens (tertiary/aromatic N) is 1. The molecule has 19 heavy (non-hydrogen) atoms. The predicted octanol–water partition coefficient (Wildman–Crippen LogP) is 1.67. The third-order valence-electron chi connectivity index (χ3n) is 2.91. The highest BCUT2D eigenvalue weighted by atomic mass is 16.3. The van der Waals surface area contributed by atoms with Crippen molar-refractivity contribution in [3.63, 3.8) is 0 Å². The number of benzene rings is 1. The van der Waals surface area contributed by atoms with Gasteiger partial charge in [0.25, 0.3) is 0 Å². The van der Waals surface area contributed by atoms with Gasteiger partial charge in [0, 0.05) is 13.1 Å². The lowest BCUT2D eigenvalue weighted by molar-refractivity contribution is 0.282. The fourth-order valence-corrected chi connectivity index (χ4v) is 1.65. The lowest BCUT2D eigenvalue weighted by atomic mass is 10.1. The zero-order valence-electron chi connectivity index (χ0n) is 11.9. The lowest BCUT2D eigenvalue weighted by Gasteiger charge is -2.07. The molecule has 0 radical (unpaired) electrons. The normalized spacial score (nSPS) is 11.9. The van der Waals surface area contributed by atoms with Gasteiger partial charge < -0.3 is 16.2 Å². The topological polar surface area (TPSA) is 70.6 Å². The molecule has 0 spiro atoms. The Hall–Kier alpha value is -1.55. The van der Waals surface area contributed by atoms with Crippen molar-refractivity contribution in [2.75, 3.05) is 13.1 Å². The third kappa shape index (κ3) is 6.82. The molecular weight excluding hydrogens is 238 g/mol. The molecule has 0 aliphatic carbocycles. The standard InChI is InChI=1S/C15H25N3O/c1-12(2)7-9-17-15(16)18-10-8-13-3-5-14(11-19)6-4-13/h3-6,12,19H,7-11H2,1-2H3,(H3,16,17,18). The summed E-state index contributed by atoms with van der Waals surface area (Å²) in [6, 6.07) is 7.93. The molecule has 1 aromatic rings. The lowest BCUT2D eigenvalue weighted by Crippen LogP contribution is -2.33. The zero-order chi connectivity index (χ0) is 14.1. The van der Waals surface area contributed by atoms with Gasteiger partial charge in [-0.3, -0.25) is 4.99 Å². The smallest absolute Gasteiger partial charge is 0.188 e. The predicted molar refractivity (Wildman–Crippen MR) is 80.0 cm³/mol. The summed E-state index contributed by atoms with van der Waals surface area (Å²) in [7, 11) is 0. The molecule has 4 nitrogen and oxygen atoms in total. The first-order valence-corrected chi connectivity index (χ1v) is 6.84. The van der Waals surface area contributed by atoms with Crippen LogP contribution in [-0.2, 0) is 13.0 Å². The molecule has 0 bridgehead atoms. The van der Waals surface area contributed by atoms with E-state index in [2.05, 4.69) is 24.2 Å². The molecule has 1 rings (SSSR count). The zero-order valence-corrected chi connectivity index (χ0v) is 11.9. The Morgan fingerprint density at radius 2 is 1.89 bits per heavy atom. The third-order valence-corrected chi connectivity index (χ3v) is 2.91. The quantitative estimate of drug-likeness (QED) is 0.517. The maximum Gasteiger partial charge on any atom is 0.188 e. The number of hydrogen-bond donors (Lipinski definition) is 3. The summed E-state index contributed by atoms with van der Waals surface area (Å²) in [5.74, 6) is 1.18. The minimum absolute atomic E-state index is 0.0913. The van der Waals surface area contributed by atoms with Crippen LogP contribution in [0.3, 0.4) is 0 Å². The van der Waals surface area contributed by atoms with Gasteiger partial charge in [-0.05, 0) is 29.9 Å². The minimum Gasteiger partial charge on any atom is -0.392 e. The van der Waals surface area contributed by atoms with Crippen molar-refractivity contribution in [1.82, 2.24) is 5.32 Å². The second-order valence-electron chi connectivity index (χ2n) is 5.10. The highest BCUT2D eigenvalue weighted by molar-refractivity contribution is 5.77. The van der Waals surface area contributed by atoms with Crippen LogP contribution in [0, 0.1) is 5.92 Å². The molecule has 0 saturated carbocycles. The number of nitrogens with two attached hydrogens (primary N) is 1. The molecule has 4 N–H and O–H groups in total. The van der Waals surface area contributed by atoms with Gasteiger partial charge in [-0.1, -0.05) is 38.1 Å². The van der Waals surface area contributed by atoms with Gasteiger partial charge in [0.15, 0.2) is 5.96 Å². The van der Waals surface area contributed by atoms with Crippen molar-refractivity contribution in [2.45, 2.75) is 33.3 Å². The van der Waals surface area contributed by atoms with Crippen LogP contribution < -0.4 is 11.1 Å². The van der Waals surface area contributed by atoms with Crippen LogP contribution in [0.25, 0.3) is 0 Å². The molecule has 106 valence electrons. The molecule has 4 heteroatoms. The van der Waals surface area contributed by atoms with Crippen LogP contribution in [0.5, 0.6) is 0 Å². The highest BCUT2D eigenvalue weighted by Crippen LogP contribution is 2.04. The van der Waals surface area contributed by atoms with Crippen LogP contribution in [0.15, 0.2) is 29.3 Å². The Kier molecular flexibility index (Phi) is 6.97. The fourth-order valence-electron chi connectivity index (χ4n) is 1.65. The van der Waals surface area contributed by atoms with Crippen molar-refractivity contribution in [3.8, 4) is 0 Å². The number of nitrogens with one attached hydrogen (secondary N) is 1. The van der Waals surface area contributed by atoms with Gasteiger partial charge in [0.1, 0.15) is 0 Å². The first kappa shape index (κ1) is 15.5. The second kappa shape index (κ2) is 8.53. The minimum atomic E-state index is 0.0913. The number of aliphatic imine (C=N–C) groups is 1. The summed E-state index contributed by atoms with van der Waals surface area (Å²) in [5.41, 5.74) is 7.93. The van der Waals surface area contributed by atoms with Gasteiger partial charge in [0.2, 0.25) is 0 Å². The van der Waals surface area contributed by atoms with Crippen LogP contribution in [0.2, 0.25) is 0 Å². The maximum absolute atomic E-state index is 8.95. The number of rotatable bonds is 7. The molecule has 0 fully saturated rings. The molecule has 0 atom stereocenters. The summed E-state index contributed by atoms with van der Waals surface area (Å²) in [5, 5.41) is 12.1. The van der Waals surface area contributed by atoms with Crippen molar-refractivity contribution in [3.05, 3.63) is 35.4 Å².